The van der Waals surface area contributed by atoms with Gasteiger partial charge in [-0.25, -0.2) is 14.6 Å². The molecule has 1 aliphatic rings. The highest BCUT2D eigenvalue weighted by molar-refractivity contribution is 9.10. The largest absolute Gasteiger partial charge is 0.379 e. The number of anilines is 1. The first-order chi connectivity index (χ1) is 15.0. The van der Waals surface area contributed by atoms with Crippen LogP contribution < -0.4 is 16.2 Å². The SMILES string of the molecule is C[C@@H]1[C@@H](C)C(C)(C)[C@@H](C)C[C@H]1Nc1cnn(CC(=O)NCc2ncncc2Br)c(=O)c1Cl. The lowest BCUT2D eigenvalue weighted by molar-refractivity contribution is -0.122. The van der Waals surface area contributed by atoms with Crippen LogP contribution in [0.3, 0.4) is 0 Å². The van der Waals surface area contributed by atoms with E-state index in [9.17, 15) is 9.59 Å². The van der Waals surface area contributed by atoms with E-state index in [0.717, 1.165) is 11.1 Å². The first-order valence-electron chi connectivity index (χ1n) is 10.8. The normalized spacial score (nSPS) is 24.7. The summed E-state index contributed by atoms with van der Waals surface area (Å²) in [5.74, 6) is 1.07. The maximum Gasteiger partial charge on any atom is 0.288 e. The maximum atomic E-state index is 12.7. The van der Waals surface area contributed by atoms with Crippen LogP contribution >= 0.6 is 27.5 Å². The summed E-state index contributed by atoms with van der Waals surface area (Å²) < 4.78 is 1.76. The van der Waals surface area contributed by atoms with Crippen LogP contribution in [0.25, 0.3) is 0 Å². The molecular formula is C22H30BrClN6O2. The van der Waals surface area contributed by atoms with E-state index in [1.165, 1.54) is 12.5 Å². The maximum absolute atomic E-state index is 12.7. The van der Waals surface area contributed by atoms with Crippen LogP contribution in [0.1, 0.15) is 46.7 Å². The van der Waals surface area contributed by atoms with Crippen molar-refractivity contribution in [2.75, 3.05) is 5.32 Å². The fourth-order valence-electron chi connectivity index (χ4n) is 4.28. The zero-order valence-corrected chi connectivity index (χ0v) is 21.4. The number of nitrogens with zero attached hydrogens (tertiary/aromatic N) is 4. The lowest BCUT2D eigenvalue weighted by Gasteiger charge is -2.50. The molecule has 8 nitrogen and oxygen atoms in total. The molecule has 2 aromatic heterocycles. The Balaban J connectivity index is 1.67. The van der Waals surface area contributed by atoms with Crippen LogP contribution in [0.4, 0.5) is 5.69 Å². The number of carbonyl (C=O) groups excluding carboxylic acids is 1. The molecule has 32 heavy (non-hydrogen) atoms. The van der Waals surface area contributed by atoms with Crippen molar-refractivity contribution in [3.8, 4) is 0 Å². The Morgan fingerprint density at radius 3 is 2.72 bits per heavy atom. The Bertz CT molecular complexity index is 1040. The average Bonchev–Trinajstić information content (AvgIpc) is 2.75. The van der Waals surface area contributed by atoms with E-state index in [1.807, 2.05) is 0 Å². The average molecular weight is 526 g/mol. The minimum absolute atomic E-state index is 0.0451. The summed E-state index contributed by atoms with van der Waals surface area (Å²) in [5.41, 5.74) is 0.895. The van der Waals surface area contributed by atoms with Gasteiger partial charge in [0.15, 0.2) is 0 Å². The Labute approximate surface area is 201 Å². The second-order valence-corrected chi connectivity index (χ2v) is 10.5. The van der Waals surface area contributed by atoms with Crippen LogP contribution in [0, 0.1) is 23.2 Å². The molecule has 0 spiro atoms. The van der Waals surface area contributed by atoms with Gasteiger partial charge in [-0.2, -0.15) is 5.10 Å². The lowest BCUT2D eigenvalue weighted by atomic mass is 9.58. The minimum Gasteiger partial charge on any atom is -0.379 e. The second kappa shape index (κ2) is 9.87. The molecule has 0 radical (unpaired) electrons. The summed E-state index contributed by atoms with van der Waals surface area (Å²) in [6.07, 6.45) is 5.51. The standard InChI is InChI=1S/C22H30BrClN6O2/c1-12-6-16(13(2)14(3)22(12,4)5)29-18-9-28-30(21(32)20(18)24)10-19(31)26-8-17-15(23)7-25-11-27-17/h7,9,11-14,16,29H,6,8,10H2,1-5H3,(H,26,31)/t12-,13+,14+,16+/m0/s1. The molecule has 1 aliphatic carbocycles. The molecule has 174 valence electrons. The van der Waals surface area contributed by atoms with Gasteiger partial charge in [-0.05, 0) is 45.5 Å². The predicted octanol–water partition coefficient (Wildman–Crippen LogP) is 3.88. The number of carbonyl (C=O) groups is 1. The number of nitrogens with one attached hydrogen (secondary N) is 2. The molecule has 3 rings (SSSR count). The first-order valence-corrected chi connectivity index (χ1v) is 11.9. The molecule has 0 bridgehead atoms. The molecule has 1 amide bonds. The van der Waals surface area contributed by atoms with Crippen molar-refractivity contribution in [2.24, 2.45) is 23.2 Å². The van der Waals surface area contributed by atoms with E-state index >= 15 is 0 Å². The van der Waals surface area contributed by atoms with Gasteiger partial charge in [0, 0.05) is 12.2 Å². The second-order valence-electron chi connectivity index (χ2n) is 9.29. The van der Waals surface area contributed by atoms with Crippen molar-refractivity contribution < 1.29 is 4.79 Å². The third kappa shape index (κ3) is 5.14. The van der Waals surface area contributed by atoms with Crippen molar-refractivity contribution >= 4 is 39.1 Å². The summed E-state index contributed by atoms with van der Waals surface area (Å²) in [7, 11) is 0. The molecule has 10 heteroatoms. The zero-order chi connectivity index (χ0) is 23.6. The third-order valence-electron chi connectivity index (χ3n) is 7.29. The highest BCUT2D eigenvalue weighted by Gasteiger charge is 2.43. The Hall–Kier alpha value is -2.00. The third-order valence-corrected chi connectivity index (χ3v) is 8.32. The van der Waals surface area contributed by atoms with Crippen molar-refractivity contribution in [3.05, 3.63) is 44.3 Å². The summed E-state index contributed by atoms with van der Waals surface area (Å²) in [5, 5.41) is 10.4. The van der Waals surface area contributed by atoms with Gasteiger partial charge in [0.2, 0.25) is 5.91 Å². The van der Waals surface area contributed by atoms with Crippen LogP contribution in [-0.2, 0) is 17.9 Å². The van der Waals surface area contributed by atoms with E-state index in [0.29, 0.717) is 33.6 Å². The fourth-order valence-corrected chi connectivity index (χ4v) is 4.85. The van der Waals surface area contributed by atoms with Crippen molar-refractivity contribution in [1.82, 2.24) is 25.1 Å². The Morgan fingerprint density at radius 2 is 2.03 bits per heavy atom. The monoisotopic (exact) mass is 524 g/mol. The summed E-state index contributed by atoms with van der Waals surface area (Å²) in [4.78, 5) is 33.0. The van der Waals surface area contributed by atoms with Gasteiger partial charge >= 0.3 is 0 Å². The van der Waals surface area contributed by atoms with E-state index in [-0.39, 0.29) is 35.5 Å². The smallest absolute Gasteiger partial charge is 0.288 e. The van der Waals surface area contributed by atoms with Crippen molar-refractivity contribution in [1.29, 1.82) is 0 Å². The summed E-state index contributed by atoms with van der Waals surface area (Å²) in [6, 6.07) is 0.192. The van der Waals surface area contributed by atoms with Gasteiger partial charge in [-0.15, -0.1) is 0 Å². The summed E-state index contributed by atoms with van der Waals surface area (Å²) >= 11 is 9.71. The quantitative estimate of drug-likeness (QED) is 0.593. The molecule has 2 aromatic rings. The Morgan fingerprint density at radius 1 is 1.31 bits per heavy atom. The lowest BCUT2D eigenvalue weighted by Crippen LogP contribution is -2.48. The van der Waals surface area contributed by atoms with Crippen LogP contribution in [0.15, 0.2) is 28.0 Å². The molecule has 1 fully saturated rings. The van der Waals surface area contributed by atoms with Gasteiger partial charge in [-0.1, -0.05) is 46.2 Å². The predicted molar refractivity (Wildman–Crippen MR) is 128 cm³/mol. The van der Waals surface area contributed by atoms with Gasteiger partial charge in [-0.3, -0.25) is 9.59 Å². The molecule has 0 aliphatic heterocycles. The highest BCUT2D eigenvalue weighted by atomic mass is 79.9. The molecule has 4 atom stereocenters. The van der Waals surface area contributed by atoms with Gasteiger partial charge in [0.05, 0.1) is 28.6 Å². The molecule has 2 heterocycles. The highest BCUT2D eigenvalue weighted by Crippen LogP contribution is 2.48. The van der Waals surface area contributed by atoms with Gasteiger partial charge < -0.3 is 10.6 Å². The molecule has 0 saturated heterocycles. The number of hydrogen-bond donors (Lipinski definition) is 2. The molecule has 0 aromatic carbocycles. The van der Waals surface area contributed by atoms with E-state index in [1.54, 1.807) is 6.20 Å². The van der Waals surface area contributed by atoms with Crippen molar-refractivity contribution in [3.63, 3.8) is 0 Å². The Kier molecular flexibility index (Phi) is 7.60. The molecule has 2 N–H and O–H groups in total. The van der Waals surface area contributed by atoms with E-state index < -0.39 is 5.56 Å². The number of hydrogen-bond acceptors (Lipinski definition) is 6. The van der Waals surface area contributed by atoms with E-state index in [2.05, 4.69) is 76.2 Å². The fraction of sp³-hybridized carbons (Fsp3) is 0.591. The number of aromatic nitrogens is 4. The molecular weight excluding hydrogens is 496 g/mol. The number of amides is 1. The zero-order valence-electron chi connectivity index (χ0n) is 19.0. The molecule has 0 unspecified atom stereocenters. The van der Waals surface area contributed by atoms with Crippen LogP contribution in [0.2, 0.25) is 5.02 Å². The van der Waals surface area contributed by atoms with Crippen LogP contribution in [-0.4, -0.2) is 31.7 Å². The number of rotatable bonds is 6. The van der Waals surface area contributed by atoms with Gasteiger partial charge in [0.1, 0.15) is 17.9 Å². The topological polar surface area (TPSA) is 102 Å². The minimum atomic E-state index is -0.500. The van der Waals surface area contributed by atoms with Crippen LogP contribution in [0.5, 0.6) is 0 Å². The molecule has 1 saturated carbocycles. The van der Waals surface area contributed by atoms with Crippen molar-refractivity contribution in [2.45, 2.75) is 60.2 Å². The summed E-state index contributed by atoms with van der Waals surface area (Å²) in [6.45, 7) is 11.4. The van der Waals surface area contributed by atoms with E-state index in [4.69, 9.17) is 11.6 Å². The first kappa shape index (κ1) is 24.6. The number of halogens is 2. The van der Waals surface area contributed by atoms with Gasteiger partial charge in [0.25, 0.3) is 5.56 Å².